The van der Waals surface area contributed by atoms with Crippen molar-refractivity contribution in [1.82, 2.24) is 4.90 Å². The minimum atomic E-state index is 0.0250. The molecule has 1 amide bonds. The number of amides is 1. The van der Waals surface area contributed by atoms with Crippen LogP contribution in [0.1, 0.15) is 19.4 Å². The summed E-state index contributed by atoms with van der Waals surface area (Å²) in [6, 6.07) is 7.39. The molecule has 1 aliphatic heterocycles. The Bertz CT molecular complexity index is 460. The van der Waals surface area contributed by atoms with Crippen LogP contribution >= 0.6 is 11.6 Å². The second-order valence-corrected chi connectivity index (χ2v) is 5.32. The van der Waals surface area contributed by atoms with Gasteiger partial charge in [0.2, 0.25) is 5.91 Å². The number of hydrogen-bond donors (Lipinski definition) is 0. The van der Waals surface area contributed by atoms with Crippen molar-refractivity contribution in [3.05, 3.63) is 40.9 Å². The Kier molecular flexibility index (Phi) is 4.61. The van der Waals surface area contributed by atoms with Crippen LogP contribution in [-0.2, 0) is 9.53 Å². The third kappa shape index (κ3) is 4.08. The summed E-state index contributed by atoms with van der Waals surface area (Å²) < 4.78 is 5.61. The number of halogens is 1. The standard InChI is InChI=1S/C15H18ClNO2/c1-11-9-17(10-12(2)19-11)15(18)8-5-13-3-6-14(16)7-4-13/h3-8,11-12H,9-10H2,1-2H3/b8-5+. The van der Waals surface area contributed by atoms with Crippen LogP contribution in [0.25, 0.3) is 6.08 Å². The average molecular weight is 280 g/mol. The molecule has 1 heterocycles. The normalized spacial score (nSPS) is 23.8. The smallest absolute Gasteiger partial charge is 0.246 e. The first-order chi connectivity index (χ1) is 9.04. The summed E-state index contributed by atoms with van der Waals surface area (Å²) in [5.41, 5.74) is 0.965. The minimum absolute atomic E-state index is 0.0250. The molecule has 2 rings (SSSR count). The highest BCUT2D eigenvalue weighted by Crippen LogP contribution is 2.13. The lowest BCUT2D eigenvalue weighted by atomic mass is 10.2. The Hall–Kier alpha value is -1.32. The van der Waals surface area contributed by atoms with E-state index in [-0.39, 0.29) is 18.1 Å². The summed E-state index contributed by atoms with van der Waals surface area (Å²) in [5, 5.41) is 0.694. The molecule has 4 heteroatoms. The van der Waals surface area contributed by atoms with Crippen LogP contribution in [0.4, 0.5) is 0 Å². The molecule has 3 nitrogen and oxygen atoms in total. The fourth-order valence-corrected chi connectivity index (χ4v) is 2.33. The molecular formula is C15H18ClNO2. The SMILES string of the molecule is CC1CN(C(=O)/C=C/c2ccc(Cl)cc2)CC(C)O1. The number of ether oxygens (including phenoxy) is 1. The van der Waals surface area contributed by atoms with Gasteiger partial charge in [0.15, 0.2) is 0 Å². The number of nitrogens with zero attached hydrogens (tertiary/aromatic N) is 1. The van der Waals surface area contributed by atoms with E-state index in [9.17, 15) is 4.79 Å². The molecule has 1 aromatic carbocycles. The first kappa shape index (κ1) is 14.1. The van der Waals surface area contributed by atoms with Gasteiger partial charge in [0, 0.05) is 24.2 Å². The third-order valence-corrected chi connectivity index (χ3v) is 3.27. The Balaban J connectivity index is 1.98. The maximum atomic E-state index is 12.1. The molecular weight excluding hydrogens is 262 g/mol. The molecule has 0 spiro atoms. The van der Waals surface area contributed by atoms with Crippen molar-refractivity contribution in [2.24, 2.45) is 0 Å². The summed E-state index contributed by atoms with van der Waals surface area (Å²) in [5.74, 6) is 0.0250. The lowest BCUT2D eigenvalue weighted by molar-refractivity contribution is -0.137. The lowest BCUT2D eigenvalue weighted by Gasteiger charge is -2.34. The molecule has 0 saturated carbocycles. The van der Waals surface area contributed by atoms with Crippen LogP contribution in [-0.4, -0.2) is 36.1 Å². The monoisotopic (exact) mass is 279 g/mol. The van der Waals surface area contributed by atoms with Crippen molar-refractivity contribution in [3.8, 4) is 0 Å². The van der Waals surface area contributed by atoms with Crippen LogP contribution < -0.4 is 0 Å². The highest BCUT2D eigenvalue weighted by Gasteiger charge is 2.24. The number of rotatable bonds is 2. The summed E-state index contributed by atoms with van der Waals surface area (Å²) in [4.78, 5) is 13.9. The fraction of sp³-hybridized carbons (Fsp3) is 0.400. The molecule has 1 fully saturated rings. The topological polar surface area (TPSA) is 29.5 Å². The maximum absolute atomic E-state index is 12.1. The average Bonchev–Trinajstić information content (AvgIpc) is 2.36. The van der Waals surface area contributed by atoms with E-state index >= 15 is 0 Å². The number of morpholine rings is 1. The van der Waals surface area contributed by atoms with Crippen LogP contribution in [0.3, 0.4) is 0 Å². The van der Waals surface area contributed by atoms with Gasteiger partial charge in [0.1, 0.15) is 0 Å². The molecule has 19 heavy (non-hydrogen) atoms. The van der Waals surface area contributed by atoms with Crippen LogP contribution in [0.5, 0.6) is 0 Å². The van der Waals surface area contributed by atoms with Gasteiger partial charge in [0.25, 0.3) is 0 Å². The quantitative estimate of drug-likeness (QED) is 0.779. The molecule has 0 aliphatic carbocycles. The van der Waals surface area contributed by atoms with Crippen LogP contribution in [0.2, 0.25) is 5.02 Å². The number of carbonyl (C=O) groups is 1. The molecule has 0 bridgehead atoms. The van der Waals surface area contributed by atoms with E-state index in [0.29, 0.717) is 18.1 Å². The Morgan fingerprint density at radius 3 is 2.42 bits per heavy atom. The molecule has 2 atom stereocenters. The first-order valence-corrected chi connectivity index (χ1v) is 6.80. The molecule has 1 aliphatic rings. The van der Waals surface area contributed by atoms with Crippen LogP contribution in [0, 0.1) is 0 Å². The van der Waals surface area contributed by atoms with Gasteiger partial charge < -0.3 is 9.64 Å². The Morgan fingerprint density at radius 2 is 1.84 bits per heavy atom. The predicted octanol–water partition coefficient (Wildman–Crippen LogP) is 2.99. The zero-order valence-electron chi connectivity index (χ0n) is 11.2. The molecule has 2 unspecified atom stereocenters. The van der Waals surface area contributed by atoms with Crippen molar-refractivity contribution in [2.75, 3.05) is 13.1 Å². The van der Waals surface area contributed by atoms with Crippen molar-refractivity contribution in [3.63, 3.8) is 0 Å². The lowest BCUT2D eigenvalue weighted by Crippen LogP contribution is -2.47. The zero-order valence-corrected chi connectivity index (χ0v) is 11.9. The van der Waals surface area contributed by atoms with Crippen molar-refractivity contribution in [1.29, 1.82) is 0 Å². The van der Waals surface area contributed by atoms with E-state index in [4.69, 9.17) is 16.3 Å². The third-order valence-electron chi connectivity index (χ3n) is 3.02. The van der Waals surface area contributed by atoms with Crippen molar-refractivity contribution >= 4 is 23.6 Å². The van der Waals surface area contributed by atoms with E-state index in [1.807, 2.05) is 49.1 Å². The Labute approximate surface area is 118 Å². The second-order valence-electron chi connectivity index (χ2n) is 4.89. The summed E-state index contributed by atoms with van der Waals surface area (Å²) in [6.45, 7) is 5.26. The highest BCUT2D eigenvalue weighted by atomic mass is 35.5. The van der Waals surface area contributed by atoms with Crippen molar-refractivity contribution in [2.45, 2.75) is 26.1 Å². The number of hydrogen-bond acceptors (Lipinski definition) is 2. The van der Waals surface area contributed by atoms with Gasteiger partial charge in [0.05, 0.1) is 12.2 Å². The Morgan fingerprint density at radius 1 is 1.26 bits per heavy atom. The summed E-state index contributed by atoms with van der Waals surface area (Å²) in [7, 11) is 0. The molecule has 0 aromatic heterocycles. The van der Waals surface area contributed by atoms with E-state index in [0.717, 1.165) is 5.56 Å². The largest absolute Gasteiger partial charge is 0.372 e. The van der Waals surface area contributed by atoms with Gasteiger partial charge in [-0.25, -0.2) is 0 Å². The molecule has 1 aromatic rings. The second kappa shape index (κ2) is 6.22. The maximum Gasteiger partial charge on any atom is 0.246 e. The van der Waals surface area contributed by atoms with Gasteiger partial charge in [-0.15, -0.1) is 0 Å². The van der Waals surface area contributed by atoms with Gasteiger partial charge in [-0.2, -0.15) is 0 Å². The predicted molar refractivity (Wildman–Crippen MR) is 77.1 cm³/mol. The first-order valence-electron chi connectivity index (χ1n) is 6.42. The van der Waals surface area contributed by atoms with Crippen LogP contribution in [0.15, 0.2) is 30.3 Å². The van der Waals surface area contributed by atoms with E-state index in [1.165, 1.54) is 0 Å². The van der Waals surface area contributed by atoms with Gasteiger partial charge >= 0.3 is 0 Å². The molecule has 0 N–H and O–H groups in total. The van der Waals surface area contributed by atoms with E-state index < -0.39 is 0 Å². The molecule has 0 radical (unpaired) electrons. The summed E-state index contributed by atoms with van der Waals surface area (Å²) in [6.07, 6.45) is 3.60. The molecule has 102 valence electrons. The van der Waals surface area contributed by atoms with Gasteiger partial charge in [-0.05, 0) is 37.6 Å². The fourth-order valence-electron chi connectivity index (χ4n) is 2.20. The van der Waals surface area contributed by atoms with Crippen molar-refractivity contribution < 1.29 is 9.53 Å². The zero-order chi connectivity index (χ0) is 13.8. The van der Waals surface area contributed by atoms with Gasteiger partial charge in [-0.3, -0.25) is 4.79 Å². The van der Waals surface area contributed by atoms with E-state index in [1.54, 1.807) is 6.08 Å². The van der Waals surface area contributed by atoms with Gasteiger partial charge in [-0.1, -0.05) is 23.7 Å². The van der Waals surface area contributed by atoms with E-state index in [2.05, 4.69) is 0 Å². The highest BCUT2D eigenvalue weighted by molar-refractivity contribution is 6.30. The molecule has 1 saturated heterocycles. The summed E-state index contributed by atoms with van der Waals surface area (Å²) >= 11 is 5.82. The number of benzene rings is 1. The number of carbonyl (C=O) groups excluding carboxylic acids is 1. The minimum Gasteiger partial charge on any atom is -0.372 e.